The van der Waals surface area contributed by atoms with Crippen molar-refractivity contribution in [1.82, 2.24) is 4.90 Å². The number of benzene rings is 1. The van der Waals surface area contributed by atoms with Crippen LogP contribution in [-0.4, -0.2) is 28.8 Å². The molecular formula is C14H12ClN3O3. The minimum atomic E-state index is -0.603. The average molecular weight is 306 g/mol. The average Bonchev–Trinajstić information content (AvgIpc) is 2.99. The van der Waals surface area contributed by atoms with Crippen molar-refractivity contribution in [2.45, 2.75) is 12.8 Å². The molecule has 6 nitrogen and oxygen atoms in total. The van der Waals surface area contributed by atoms with Gasteiger partial charge in [0.1, 0.15) is 16.7 Å². The molecule has 0 atom stereocenters. The Kier molecular flexibility index (Phi) is 4.55. The number of carbonyl (C=O) groups is 1. The van der Waals surface area contributed by atoms with Gasteiger partial charge in [-0.25, -0.2) is 0 Å². The number of nitrogens with zero attached hydrogens (tertiary/aromatic N) is 3. The van der Waals surface area contributed by atoms with Crippen molar-refractivity contribution in [2.75, 3.05) is 13.1 Å². The van der Waals surface area contributed by atoms with Crippen molar-refractivity contribution in [3.63, 3.8) is 0 Å². The van der Waals surface area contributed by atoms with Gasteiger partial charge < -0.3 is 4.90 Å². The zero-order valence-corrected chi connectivity index (χ0v) is 11.8. The van der Waals surface area contributed by atoms with E-state index in [0.29, 0.717) is 18.7 Å². The van der Waals surface area contributed by atoms with Crippen LogP contribution in [0, 0.1) is 21.4 Å². The summed E-state index contributed by atoms with van der Waals surface area (Å²) in [5.41, 5.74) is 0.111. The third kappa shape index (κ3) is 3.38. The number of nitriles is 1. The smallest absolute Gasteiger partial charge is 0.288 e. The molecule has 1 aliphatic heterocycles. The van der Waals surface area contributed by atoms with E-state index < -0.39 is 4.92 Å². The SMILES string of the molecule is N#CC(=Cc1ccc(Cl)c([N+](=O)[O-])c1)C(=O)N1CCCC1. The third-order valence-corrected chi connectivity index (χ3v) is 3.54. The van der Waals surface area contributed by atoms with Crippen molar-refractivity contribution in [3.05, 3.63) is 44.5 Å². The van der Waals surface area contributed by atoms with Crippen LogP contribution in [0.3, 0.4) is 0 Å². The summed E-state index contributed by atoms with van der Waals surface area (Å²) in [6, 6.07) is 6.01. The molecule has 0 N–H and O–H groups in total. The van der Waals surface area contributed by atoms with Crippen LogP contribution < -0.4 is 0 Å². The molecule has 0 aromatic heterocycles. The Balaban J connectivity index is 2.32. The predicted octanol–water partition coefficient (Wildman–Crippen LogP) is 2.78. The standard InChI is InChI=1S/C14H12ClN3O3/c15-12-4-3-10(8-13(12)18(20)21)7-11(9-16)14(19)17-5-1-2-6-17/h3-4,7-8H,1-2,5-6H2. The van der Waals surface area contributed by atoms with Gasteiger partial charge in [-0.1, -0.05) is 17.7 Å². The number of likely N-dealkylation sites (tertiary alicyclic amines) is 1. The molecule has 1 amide bonds. The molecule has 0 spiro atoms. The molecule has 0 aliphatic carbocycles. The lowest BCUT2D eigenvalue weighted by atomic mass is 10.1. The Labute approximate surface area is 126 Å². The largest absolute Gasteiger partial charge is 0.338 e. The first-order valence-electron chi connectivity index (χ1n) is 6.38. The highest BCUT2D eigenvalue weighted by molar-refractivity contribution is 6.32. The summed E-state index contributed by atoms with van der Waals surface area (Å²) < 4.78 is 0. The van der Waals surface area contributed by atoms with Gasteiger partial charge in [-0.3, -0.25) is 14.9 Å². The van der Waals surface area contributed by atoms with Crippen molar-refractivity contribution in [1.29, 1.82) is 5.26 Å². The van der Waals surface area contributed by atoms with Gasteiger partial charge in [0.25, 0.3) is 11.6 Å². The Morgan fingerprint density at radius 1 is 1.43 bits per heavy atom. The number of nitro benzene ring substituents is 1. The van der Waals surface area contributed by atoms with Gasteiger partial charge in [0.2, 0.25) is 0 Å². The number of hydrogen-bond donors (Lipinski definition) is 0. The van der Waals surface area contributed by atoms with Gasteiger partial charge in [-0.2, -0.15) is 5.26 Å². The lowest BCUT2D eigenvalue weighted by Crippen LogP contribution is -2.28. The van der Waals surface area contributed by atoms with Crippen LogP contribution in [0.2, 0.25) is 5.02 Å². The summed E-state index contributed by atoms with van der Waals surface area (Å²) in [5, 5.41) is 20.0. The molecule has 0 saturated carbocycles. The fourth-order valence-electron chi connectivity index (χ4n) is 2.16. The summed E-state index contributed by atoms with van der Waals surface area (Å²) in [5.74, 6) is -0.340. The summed E-state index contributed by atoms with van der Waals surface area (Å²) in [4.78, 5) is 24.0. The number of rotatable bonds is 3. The van der Waals surface area contributed by atoms with Gasteiger partial charge in [0.05, 0.1) is 4.92 Å². The molecule has 21 heavy (non-hydrogen) atoms. The summed E-state index contributed by atoms with van der Waals surface area (Å²) in [6.07, 6.45) is 3.21. The van der Waals surface area contributed by atoms with E-state index in [2.05, 4.69) is 0 Å². The van der Waals surface area contributed by atoms with E-state index >= 15 is 0 Å². The van der Waals surface area contributed by atoms with Crippen LogP contribution in [0.5, 0.6) is 0 Å². The zero-order chi connectivity index (χ0) is 15.4. The van der Waals surface area contributed by atoms with Gasteiger partial charge in [-0.05, 0) is 30.5 Å². The second-order valence-electron chi connectivity index (χ2n) is 4.64. The van der Waals surface area contributed by atoms with Gasteiger partial charge in [0.15, 0.2) is 0 Å². The maximum atomic E-state index is 12.1. The molecule has 1 aliphatic rings. The lowest BCUT2D eigenvalue weighted by molar-refractivity contribution is -0.384. The molecule has 1 aromatic rings. The monoisotopic (exact) mass is 305 g/mol. The van der Waals surface area contributed by atoms with Crippen LogP contribution in [-0.2, 0) is 4.79 Å². The molecule has 2 rings (SSSR count). The van der Waals surface area contributed by atoms with E-state index in [1.165, 1.54) is 24.3 Å². The number of amides is 1. The molecule has 1 fully saturated rings. The number of nitro groups is 1. The fourth-order valence-corrected chi connectivity index (χ4v) is 2.35. The molecule has 1 saturated heterocycles. The van der Waals surface area contributed by atoms with Crippen LogP contribution in [0.4, 0.5) is 5.69 Å². The fraction of sp³-hybridized carbons (Fsp3) is 0.286. The molecular weight excluding hydrogens is 294 g/mol. The van der Waals surface area contributed by atoms with Crippen LogP contribution in [0.1, 0.15) is 18.4 Å². The number of hydrogen-bond acceptors (Lipinski definition) is 4. The number of carbonyl (C=O) groups excluding carboxylic acids is 1. The second kappa shape index (κ2) is 6.37. The van der Waals surface area contributed by atoms with Crippen LogP contribution in [0.15, 0.2) is 23.8 Å². The highest BCUT2D eigenvalue weighted by Crippen LogP contribution is 2.26. The van der Waals surface area contributed by atoms with Crippen LogP contribution >= 0.6 is 11.6 Å². The Hall–Kier alpha value is -2.39. The van der Waals surface area contributed by atoms with E-state index in [4.69, 9.17) is 16.9 Å². The van der Waals surface area contributed by atoms with Crippen molar-refractivity contribution < 1.29 is 9.72 Å². The summed E-state index contributed by atoms with van der Waals surface area (Å²) >= 11 is 5.73. The van der Waals surface area contributed by atoms with Crippen molar-refractivity contribution in [3.8, 4) is 6.07 Å². The highest BCUT2D eigenvalue weighted by atomic mass is 35.5. The first-order chi connectivity index (χ1) is 10.0. The maximum absolute atomic E-state index is 12.1. The lowest BCUT2D eigenvalue weighted by Gasteiger charge is -2.14. The molecule has 7 heteroatoms. The third-order valence-electron chi connectivity index (χ3n) is 3.22. The van der Waals surface area contributed by atoms with Gasteiger partial charge in [-0.15, -0.1) is 0 Å². The molecule has 0 unspecified atom stereocenters. The van der Waals surface area contributed by atoms with E-state index in [9.17, 15) is 14.9 Å². The second-order valence-corrected chi connectivity index (χ2v) is 5.04. The summed E-state index contributed by atoms with van der Waals surface area (Å²) in [7, 11) is 0. The Morgan fingerprint density at radius 3 is 2.67 bits per heavy atom. The van der Waals surface area contributed by atoms with Gasteiger partial charge in [0, 0.05) is 19.2 Å². The van der Waals surface area contributed by atoms with E-state index in [-0.39, 0.29) is 22.2 Å². The first-order valence-corrected chi connectivity index (χ1v) is 6.75. The molecule has 1 heterocycles. The quantitative estimate of drug-likeness (QED) is 0.372. The summed E-state index contributed by atoms with van der Waals surface area (Å²) in [6.45, 7) is 1.28. The highest BCUT2D eigenvalue weighted by Gasteiger charge is 2.21. The van der Waals surface area contributed by atoms with Gasteiger partial charge >= 0.3 is 0 Å². The topological polar surface area (TPSA) is 87.2 Å². The molecule has 1 aromatic carbocycles. The Morgan fingerprint density at radius 2 is 2.10 bits per heavy atom. The Bertz CT molecular complexity index is 658. The number of halogens is 1. The molecule has 108 valence electrons. The zero-order valence-electron chi connectivity index (χ0n) is 11.1. The van der Waals surface area contributed by atoms with Crippen LogP contribution in [0.25, 0.3) is 6.08 Å². The predicted molar refractivity (Wildman–Crippen MR) is 77.5 cm³/mol. The van der Waals surface area contributed by atoms with E-state index in [1.54, 1.807) is 4.90 Å². The van der Waals surface area contributed by atoms with E-state index in [1.807, 2.05) is 6.07 Å². The minimum Gasteiger partial charge on any atom is -0.338 e. The van der Waals surface area contributed by atoms with E-state index in [0.717, 1.165) is 12.8 Å². The first kappa shape index (κ1) is 15.0. The van der Waals surface area contributed by atoms with Crippen molar-refractivity contribution in [2.24, 2.45) is 0 Å². The molecule has 0 radical (unpaired) electrons. The molecule has 0 bridgehead atoms. The minimum absolute atomic E-state index is 0.0153. The van der Waals surface area contributed by atoms with Crippen molar-refractivity contribution >= 4 is 29.3 Å². The maximum Gasteiger partial charge on any atom is 0.288 e. The normalized spacial score (nSPS) is 14.9.